The predicted octanol–water partition coefficient (Wildman–Crippen LogP) is 1.13. The van der Waals surface area contributed by atoms with Crippen LogP contribution in [0.4, 0.5) is 18.9 Å². The Morgan fingerprint density at radius 1 is 1.59 bits per heavy atom. The molecule has 0 aliphatic rings. The summed E-state index contributed by atoms with van der Waals surface area (Å²) in [5.74, 6) is -2.72. The summed E-state index contributed by atoms with van der Waals surface area (Å²) in [7, 11) is 0. The second kappa shape index (κ2) is 4.17. The summed E-state index contributed by atoms with van der Waals surface area (Å²) < 4.78 is 39.5. The van der Waals surface area contributed by atoms with E-state index in [0.717, 1.165) is 0 Å². The third kappa shape index (κ3) is 2.75. The Morgan fingerprint density at radius 2 is 2.18 bits per heavy atom. The number of nitrogen functional groups attached to an aromatic ring is 1. The second-order valence-electron chi connectivity index (χ2n) is 2.73. The number of nitrogens with two attached hydrogens (primary N) is 1. The van der Waals surface area contributed by atoms with Gasteiger partial charge in [0.1, 0.15) is 11.6 Å². The van der Waals surface area contributed by atoms with E-state index in [-0.39, 0.29) is 0 Å². The molecule has 6 nitrogen and oxygen atoms in total. The average molecular weight is 247 g/mol. The van der Waals surface area contributed by atoms with Crippen LogP contribution in [0.25, 0.3) is 0 Å². The molecule has 0 radical (unpaired) electrons. The Morgan fingerprint density at radius 3 is 2.59 bits per heavy atom. The van der Waals surface area contributed by atoms with Crippen LogP contribution in [0.1, 0.15) is 16.1 Å². The molecule has 1 rings (SSSR count). The number of carboxylic acids is 1. The maximum Gasteiger partial charge on any atom is 0.573 e. The highest BCUT2D eigenvalue weighted by atomic mass is 19.4. The molecule has 0 unspecified atom stereocenters. The highest BCUT2D eigenvalue weighted by Crippen LogP contribution is 2.32. The number of ether oxygens (including phenoxy) is 1. The van der Waals surface area contributed by atoms with Gasteiger partial charge in [-0.2, -0.15) is 5.26 Å². The van der Waals surface area contributed by atoms with Gasteiger partial charge in [0.2, 0.25) is 0 Å². The van der Waals surface area contributed by atoms with Gasteiger partial charge in [-0.1, -0.05) is 0 Å². The van der Waals surface area contributed by atoms with Gasteiger partial charge in [-0.15, -0.1) is 13.2 Å². The van der Waals surface area contributed by atoms with Gasteiger partial charge < -0.3 is 15.6 Å². The van der Waals surface area contributed by atoms with Crippen molar-refractivity contribution in [3.05, 3.63) is 17.5 Å². The van der Waals surface area contributed by atoms with Crippen molar-refractivity contribution in [1.29, 1.82) is 5.26 Å². The lowest BCUT2D eigenvalue weighted by molar-refractivity contribution is -0.274. The van der Waals surface area contributed by atoms with Crippen molar-refractivity contribution < 1.29 is 27.8 Å². The number of rotatable bonds is 2. The normalized spacial score (nSPS) is 10.7. The molecule has 3 N–H and O–H groups in total. The molecule has 17 heavy (non-hydrogen) atoms. The Kier molecular flexibility index (Phi) is 3.08. The molecule has 1 aromatic heterocycles. The molecule has 0 atom stereocenters. The summed E-state index contributed by atoms with van der Waals surface area (Å²) >= 11 is 0. The predicted molar refractivity (Wildman–Crippen MR) is 47.0 cm³/mol. The minimum Gasteiger partial charge on any atom is -0.476 e. The molecule has 0 spiro atoms. The zero-order chi connectivity index (χ0) is 13.2. The molecule has 0 saturated heterocycles. The Balaban J connectivity index is 3.42. The van der Waals surface area contributed by atoms with Crippen LogP contribution in [-0.4, -0.2) is 22.4 Å². The van der Waals surface area contributed by atoms with E-state index in [9.17, 15) is 18.0 Å². The number of hydrogen-bond donors (Lipinski definition) is 2. The number of hydrogen-bond acceptors (Lipinski definition) is 5. The van der Waals surface area contributed by atoms with Crippen molar-refractivity contribution in [1.82, 2.24) is 4.98 Å². The van der Waals surface area contributed by atoms with Crippen LogP contribution in [0.2, 0.25) is 0 Å². The minimum atomic E-state index is -5.09. The fourth-order valence-electron chi connectivity index (χ4n) is 1.00. The van der Waals surface area contributed by atoms with Crippen LogP contribution < -0.4 is 10.5 Å². The first-order valence-corrected chi connectivity index (χ1v) is 3.94. The summed E-state index contributed by atoms with van der Waals surface area (Å²) in [5, 5.41) is 17.2. The van der Waals surface area contributed by atoms with Gasteiger partial charge in [-0.05, 0) is 0 Å². The number of pyridine rings is 1. The van der Waals surface area contributed by atoms with Crippen molar-refractivity contribution in [2.24, 2.45) is 0 Å². The van der Waals surface area contributed by atoms with Gasteiger partial charge in [0, 0.05) is 0 Å². The molecular formula is C8H4F3N3O3. The van der Waals surface area contributed by atoms with Gasteiger partial charge >= 0.3 is 12.3 Å². The van der Waals surface area contributed by atoms with Gasteiger partial charge in [0.15, 0.2) is 11.4 Å². The van der Waals surface area contributed by atoms with Gasteiger partial charge in [0.05, 0.1) is 11.9 Å². The molecule has 1 heterocycles. The molecule has 90 valence electrons. The van der Waals surface area contributed by atoms with E-state index in [4.69, 9.17) is 16.1 Å². The SMILES string of the molecule is N#Cc1c(C(=O)O)ncc(N)c1OC(F)(F)F. The molecule has 0 amide bonds. The number of aromatic nitrogens is 1. The van der Waals surface area contributed by atoms with E-state index in [1.165, 1.54) is 6.07 Å². The van der Waals surface area contributed by atoms with Crippen molar-refractivity contribution in [2.75, 3.05) is 5.73 Å². The van der Waals surface area contributed by atoms with E-state index < -0.39 is 35.0 Å². The number of carbonyl (C=O) groups is 1. The Bertz CT molecular complexity index is 507. The van der Waals surface area contributed by atoms with Crippen LogP contribution in [0.3, 0.4) is 0 Å². The van der Waals surface area contributed by atoms with Crippen LogP contribution >= 0.6 is 0 Å². The van der Waals surface area contributed by atoms with Crippen LogP contribution in [0.5, 0.6) is 5.75 Å². The number of nitriles is 1. The molecule has 0 fully saturated rings. The molecule has 9 heteroatoms. The molecule has 1 aromatic rings. The van der Waals surface area contributed by atoms with E-state index in [0.29, 0.717) is 6.20 Å². The maximum absolute atomic E-state index is 12.0. The van der Waals surface area contributed by atoms with E-state index in [1.54, 1.807) is 0 Å². The van der Waals surface area contributed by atoms with Crippen molar-refractivity contribution >= 4 is 11.7 Å². The number of carboxylic acid groups (broad SMARTS) is 1. The average Bonchev–Trinajstić information content (AvgIpc) is 2.18. The highest BCUT2D eigenvalue weighted by Gasteiger charge is 2.34. The zero-order valence-corrected chi connectivity index (χ0v) is 7.95. The van der Waals surface area contributed by atoms with Crippen LogP contribution in [-0.2, 0) is 0 Å². The van der Waals surface area contributed by atoms with E-state index in [1.807, 2.05) is 0 Å². The molecular weight excluding hydrogens is 243 g/mol. The maximum atomic E-state index is 12.0. The standard InChI is InChI=1S/C8H4F3N3O3/c9-8(10,11)17-6-3(1-12)5(7(15)16)14-2-4(6)13/h2H,13H2,(H,15,16). The zero-order valence-electron chi connectivity index (χ0n) is 7.95. The Hall–Kier alpha value is -2.50. The smallest absolute Gasteiger partial charge is 0.476 e. The lowest BCUT2D eigenvalue weighted by Gasteiger charge is -2.12. The van der Waals surface area contributed by atoms with Crippen molar-refractivity contribution in [3.63, 3.8) is 0 Å². The van der Waals surface area contributed by atoms with Crippen LogP contribution in [0, 0.1) is 11.3 Å². The third-order valence-electron chi connectivity index (χ3n) is 1.59. The number of nitrogens with zero attached hydrogens (tertiary/aromatic N) is 2. The van der Waals surface area contributed by atoms with Gasteiger partial charge in [-0.3, -0.25) is 0 Å². The quantitative estimate of drug-likeness (QED) is 0.810. The van der Waals surface area contributed by atoms with E-state index >= 15 is 0 Å². The number of alkyl halides is 3. The van der Waals surface area contributed by atoms with E-state index in [2.05, 4.69) is 9.72 Å². The van der Waals surface area contributed by atoms with Crippen molar-refractivity contribution in [2.45, 2.75) is 6.36 Å². The fraction of sp³-hybridized carbons (Fsp3) is 0.125. The first kappa shape index (κ1) is 12.6. The lowest BCUT2D eigenvalue weighted by Crippen LogP contribution is -2.20. The molecule has 0 aliphatic heterocycles. The number of halogens is 3. The second-order valence-corrected chi connectivity index (χ2v) is 2.73. The number of aromatic carboxylic acids is 1. The Labute approximate surface area is 92.0 Å². The molecule has 0 bridgehead atoms. The van der Waals surface area contributed by atoms with Crippen molar-refractivity contribution in [3.8, 4) is 11.8 Å². The van der Waals surface area contributed by atoms with Gasteiger partial charge in [-0.25, -0.2) is 9.78 Å². The molecule has 0 aliphatic carbocycles. The molecule has 0 saturated carbocycles. The van der Waals surface area contributed by atoms with Gasteiger partial charge in [0.25, 0.3) is 0 Å². The summed E-state index contributed by atoms with van der Waals surface area (Å²) in [4.78, 5) is 13.9. The summed E-state index contributed by atoms with van der Waals surface area (Å²) in [6.45, 7) is 0. The minimum absolute atomic E-state index is 0.580. The van der Waals surface area contributed by atoms with Crippen LogP contribution in [0.15, 0.2) is 6.20 Å². The largest absolute Gasteiger partial charge is 0.573 e. The summed E-state index contributed by atoms with van der Waals surface area (Å²) in [6.07, 6.45) is -4.41. The molecule has 0 aromatic carbocycles. The fourth-order valence-corrected chi connectivity index (χ4v) is 1.00. The first-order valence-electron chi connectivity index (χ1n) is 3.94. The summed E-state index contributed by atoms with van der Waals surface area (Å²) in [5.41, 5.74) is 2.82. The third-order valence-corrected chi connectivity index (χ3v) is 1.59. The first-order chi connectivity index (χ1) is 7.76. The lowest BCUT2D eigenvalue weighted by atomic mass is 10.1. The number of anilines is 1. The monoisotopic (exact) mass is 247 g/mol. The topological polar surface area (TPSA) is 109 Å². The highest BCUT2D eigenvalue weighted by molar-refractivity contribution is 5.90. The summed E-state index contributed by atoms with van der Waals surface area (Å²) in [6, 6.07) is 1.26.